The Balaban J connectivity index is 2.72. The minimum atomic E-state index is -3.10. The maximum atomic E-state index is 12.0. The Morgan fingerprint density at radius 1 is 1.41 bits per heavy atom. The lowest BCUT2D eigenvalue weighted by Crippen LogP contribution is -2.32. The van der Waals surface area contributed by atoms with Gasteiger partial charge in [0.1, 0.15) is 0 Å². The molecule has 0 saturated heterocycles. The fourth-order valence-electron chi connectivity index (χ4n) is 2.41. The summed E-state index contributed by atoms with van der Waals surface area (Å²) in [5.41, 5.74) is -0.391. The van der Waals surface area contributed by atoms with Gasteiger partial charge >= 0.3 is 0 Å². The number of rotatable bonds is 3. The van der Waals surface area contributed by atoms with Gasteiger partial charge in [0.15, 0.2) is 9.84 Å². The molecular weight excluding hydrogens is 234 g/mol. The van der Waals surface area contributed by atoms with E-state index in [0.717, 1.165) is 19.3 Å². The second-order valence-corrected chi connectivity index (χ2v) is 9.28. The van der Waals surface area contributed by atoms with Crippen LogP contribution in [-0.4, -0.2) is 18.9 Å². The fraction of sp³-hybridized carbons (Fsp3) is 0.923. The van der Waals surface area contributed by atoms with E-state index in [1.54, 1.807) is 20.8 Å². The highest BCUT2D eigenvalue weighted by molar-refractivity contribution is 7.92. The third kappa shape index (κ3) is 3.22. The van der Waals surface area contributed by atoms with Gasteiger partial charge in [-0.05, 0) is 52.4 Å². The molecule has 0 aromatic carbocycles. The maximum absolute atomic E-state index is 12.0. The van der Waals surface area contributed by atoms with E-state index in [4.69, 9.17) is 0 Å². The monoisotopic (exact) mass is 257 g/mol. The van der Waals surface area contributed by atoms with Crippen molar-refractivity contribution in [2.75, 3.05) is 5.75 Å². The van der Waals surface area contributed by atoms with Gasteiger partial charge in [-0.25, -0.2) is 8.42 Å². The maximum Gasteiger partial charge on any atom is 0.155 e. The molecular formula is C13H23NO2S. The Morgan fingerprint density at radius 2 is 2.00 bits per heavy atom. The third-order valence-electron chi connectivity index (χ3n) is 3.87. The molecule has 2 unspecified atom stereocenters. The molecule has 1 saturated carbocycles. The van der Waals surface area contributed by atoms with E-state index in [1.165, 1.54) is 0 Å². The van der Waals surface area contributed by atoms with Gasteiger partial charge in [-0.15, -0.1) is 0 Å². The minimum absolute atomic E-state index is 0.136. The van der Waals surface area contributed by atoms with Crippen LogP contribution in [0.5, 0.6) is 0 Å². The molecule has 0 aromatic rings. The highest BCUT2D eigenvalue weighted by atomic mass is 32.2. The summed E-state index contributed by atoms with van der Waals surface area (Å²) in [4.78, 5) is 0. The largest absolute Gasteiger partial charge is 0.228 e. The van der Waals surface area contributed by atoms with Crippen LogP contribution in [0, 0.1) is 22.7 Å². The number of sulfone groups is 1. The minimum Gasteiger partial charge on any atom is -0.228 e. The average Bonchev–Trinajstić information content (AvgIpc) is 2.57. The number of hydrogen-bond acceptors (Lipinski definition) is 3. The van der Waals surface area contributed by atoms with Crippen molar-refractivity contribution >= 4 is 9.84 Å². The first-order chi connectivity index (χ1) is 7.62. The van der Waals surface area contributed by atoms with Gasteiger partial charge < -0.3 is 0 Å². The molecule has 17 heavy (non-hydrogen) atoms. The van der Waals surface area contributed by atoms with Crippen LogP contribution in [0.4, 0.5) is 0 Å². The first kappa shape index (κ1) is 14.5. The van der Waals surface area contributed by atoms with Crippen molar-refractivity contribution in [2.24, 2.45) is 11.3 Å². The van der Waals surface area contributed by atoms with Gasteiger partial charge in [-0.1, -0.05) is 6.92 Å². The second-order valence-electron chi connectivity index (χ2n) is 6.42. The molecule has 2 atom stereocenters. The van der Waals surface area contributed by atoms with Crippen LogP contribution in [-0.2, 0) is 9.84 Å². The van der Waals surface area contributed by atoms with Crippen molar-refractivity contribution in [3.63, 3.8) is 0 Å². The van der Waals surface area contributed by atoms with E-state index in [-0.39, 0.29) is 5.75 Å². The molecule has 0 bridgehead atoms. The molecule has 98 valence electrons. The molecule has 3 nitrogen and oxygen atoms in total. The number of nitriles is 1. The van der Waals surface area contributed by atoms with E-state index < -0.39 is 20.0 Å². The van der Waals surface area contributed by atoms with E-state index in [1.807, 2.05) is 0 Å². The molecule has 0 N–H and O–H groups in total. The number of hydrogen-bond donors (Lipinski definition) is 0. The molecule has 0 radical (unpaired) electrons. The Labute approximate surface area is 105 Å². The summed E-state index contributed by atoms with van der Waals surface area (Å²) in [6.45, 7) is 7.30. The van der Waals surface area contributed by atoms with E-state index >= 15 is 0 Å². The summed E-state index contributed by atoms with van der Waals surface area (Å²) in [5.74, 6) is 0.684. The number of nitrogens with zero attached hydrogens (tertiary/aromatic N) is 1. The fourth-order valence-corrected chi connectivity index (χ4v) is 3.69. The highest BCUT2D eigenvalue weighted by Crippen LogP contribution is 2.44. The van der Waals surface area contributed by atoms with Crippen molar-refractivity contribution < 1.29 is 8.42 Å². The SMILES string of the molecule is CC1CCC(C#N)(CCS(=O)(=O)C(C)(C)C)C1. The van der Waals surface area contributed by atoms with Crippen molar-refractivity contribution in [1.29, 1.82) is 5.26 Å². The topological polar surface area (TPSA) is 57.9 Å². The molecule has 0 aromatic heterocycles. The van der Waals surface area contributed by atoms with Crippen LogP contribution in [0.15, 0.2) is 0 Å². The first-order valence-electron chi connectivity index (χ1n) is 6.25. The van der Waals surface area contributed by atoms with Gasteiger partial charge in [0.2, 0.25) is 0 Å². The van der Waals surface area contributed by atoms with Crippen molar-refractivity contribution in [2.45, 2.75) is 58.1 Å². The lowest BCUT2D eigenvalue weighted by molar-refractivity contribution is 0.378. The summed E-state index contributed by atoms with van der Waals surface area (Å²) in [6, 6.07) is 2.37. The zero-order valence-corrected chi connectivity index (χ0v) is 12.1. The first-order valence-corrected chi connectivity index (χ1v) is 7.91. The van der Waals surface area contributed by atoms with Crippen LogP contribution < -0.4 is 0 Å². The van der Waals surface area contributed by atoms with E-state index in [9.17, 15) is 13.7 Å². The van der Waals surface area contributed by atoms with Gasteiger partial charge in [-0.3, -0.25) is 0 Å². The Hall–Kier alpha value is -0.560. The normalized spacial score (nSPS) is 30.2. The van der Waals surface area contributed by atoms with E-state index in [2.05, 4.69) is 13.0 Å². The predicted molar refractivity (Wildman–Crippen MR) is 69.2 cm³/mol. The smallest absolute Gasteiger partial charge is 0.155 e. The Morgan fingerprint density at radius 3 is 2.35 bits per heavy atom. The zero-order valence-electron chi connectivity index (χ0n) is 11.3. The molecule has 0 spiro atoms. The van der Waals surface area contributed by atoms with Gasteiger partial charge in [-0.2, -0.15) is 5.26 Å². The van der Waals surface area contributed by atoms with E-state index in [0.29, 0.717) is 12.3 Å². The standard InChI is InChI=1S/C13H23NO2S/c1-11-5-6-13(9-11,10-14)7-8-17(15,16)12(2,3)4/h11H,5-9H2,1-4H3. The summed E-state index contributed by atoms with van der Waals surface area (Å²) in [6.07, 6.45) is 3.24. The van der Waals surface area contributed by atoms with Crippen LogP contribution in [0.2, 0.25) is 0 Å². The van der Waals surface area contributed by atoms with Crippen molar-refractivity contribution in [1.82, 2.24) is 0 Å². The van der Waals surface area contributed by atoms with Gasteiger partial charge in [0, 0.05) is 0 Å². The van der Waals surface area contributed by atoms with Gasteiger partial charge in [0.05, 0.1) is 22.0 Å². The Kier molecular flexibility index (Phi) is 3.93. The average molecular weight is 257 g/mol. The summed E-state index contributed by atoms with van der Waals surface area (Å²) >= 11 is 0. The van der Waals surface area contributed by atoms with Crippen LogP contribution >= 0.6 is 0 Å². The molecule has 1 aliphatic rings. The van der Waals surface area contributed by atoms with Crippen LogP contribution in [0.25, 0.3) is 0 Å². The second kappa shape index (κ2) is 4.61. The quantitative estimate of drug-likeness (QED) is 0.781. The van der Waals surface area contributed by atoms with Crippen molar-refractivity contribution in [3.05, 3.63) is 0 Å². The lowest BCUT2D eigenvalue weighted by Gasteiger charge is -2.24. The molecule has 1 aliphatic carbocycles. The summed E-state index contributed by atoms with van der Waals surface area (Å²) in [5, 5.41) is 9.29. The highest BCUT2D eigenvalue weighted by Gasteiger charge is 2.40. The van der Waals surface area contributed by atoms with Gasteiger partial charge in [0.25, 0.3) is 0 Å². The molecule has 1 rings (SSSR count). The van der Waals surface area contributed by atoms with Crippen molar-refractivity contribution in [3.8, 4) is 6.07 Å². The summed E-state index contributed by atoms with van der Waals surface area (Å²) < 4.78 is 23.4. The lowest BCUT2D eigenvalue weighted by atomic mass is 9.84. The zero-order chi connectivity index (χ0) is 13.3. The molecule has 4 heteroatoms. The molecule has 1 fully saturated rings. The Bertz CT molecular complexity index is 414. The predicted octanol–water partition coefficient (Wildman–Crippen LogP) is 2.92. The van der Waals surface area contributed by atoms with Crippen LogP contribution in [0.1, 0.15) is 53.4 Å². The molecule has 0 heterocycles. The van der Waals surface area contributed by atoms with Crippen LogP contribution in [0.3, 0.4) is 0 Å². The summed E-state index contributed by atoms with van der Waals surface area (Å²) in [7, 11) is -3.10. The molecule has 0 aliphatic heterocycles. The molecule has 0 amide bonds. The third-order valence-corrected chi connectivity index (χ3v) is 6.48.